The number of methoxy groups -OCH3 is 1. The number of aromatic nitrogens is 2. The Balaban J connectivity index is 2.14. The van der Waals surface area contributed by atoms with Crippen LogP contribution < -0.4 is 15.0 Å². The Hall–Kier alpha value is -2.08. The Morgan fingerprint density at radius 2 is 2.22 bits per heavy atom. The Labute approximate surface area is 107 Å². The largest absolute Gasteiger partial charge is 0.497 e. The van der Waals surface area contributed by atoms with Crippen molar-refractivity contribution in [2.45, 2.75) is 6.42 Å². The molecule has 92 valence electrons. The maximum absolute atomic E-state index is 11.8. The van der Waals surface area contributed by atoms with Gasteiger partial charge in [0.05, 0.1) is 12.7 Å². The fourth-order valence-electron chi connectivity index (χ4n) is 1.96. The SMILES string of the molecule is COc1ccc2c(c1)Cc1c([nH]c(=S)[nH]c1=O)O2. The minimum atomic E-state index is -0.220. The van der Waals surface area contributed by atoms with Crippen molar-refractivity contribution >= 4 is 12.2 Å². The van der Waals surface area contributed by atoms with Gasteiger partial charge >= 0.3 is 0 Å². The highest BCUT2D eigenvalue weighted by molar-refractivity contribution is 7.71. The van der Waals surface area contributed by atoms with Crippen LogP contribution in [0.3, 0.4) is 0 Å². The van der Waals surface area contributed by atoms with Gasteiger partial charge in [-0.1, -0.05) is 0 Å². The first-order chi connectivity index (χ1) is 8.67. The van der Waals surface area contributed by atoms with E-state index >= 15 is 0 Å². The number of H-pyrrole nitrogens is 2. The van der Waals surface area contributed by atoms with Gasteiger partial charge in [-0.3, -0.25) is 9.78 Å². The maximum atomic E-state index is 11.8. The Morgan fingerprint density at radius 1 is 1.39 bits per heavy atom. The summed E-state index contributed by atoms with van der Waals surface area (Å²) in [5.41, 5.74) is 1.24. The molecule has 5 nitrogen and oxygen atoms in total. The predicted molar refractivity (Wildman–Crippen MR) is 68.1 cm³/mol. The number of nitrogens with one attached hydrogen (secondary N) is 2. The third kappa shape index (κ3) is 1.70. The van der Waals surface area contributed by atoms with Crippen molar-refractivity contribution in [3.8, 4) is 17.4 Å². The first kappa shape index (κ1) is 11.0. The quantitative estimate of drug-likeness (QED) is 0.659. The molecule has 0 unspecified atom stereocenters. The summed E-state index contributed by atoms with van der Waals surface area (Å²) >= 11 is 4.91. The molecule has 2 N–H and O–H groups in total. The van der Waals surface area contributed by atoms with E-state index < -0.39 is 0 Å². The molecule has 2 heterocycles. The summed E-state index contributed by atoms with van der Waals surface area (Å²) in [5, 5.41) is 0. The molecule has 1 aromatic carbocycles. The molecule has 0 radical (unpaired) electrons. The monoisotopic (exact) mass is 262 g/mol. The van der Waals surface area contributed by atoms with Gasteiger partial charge in [-0.15, -0.1) is 0 Å². The highest BCUT2D eigenvalue weighted by atomic mass is 32.1. The van der Waals surface area contributed by atoms with Gasteiger partial charge in [0.2, 0.25) is 5.88 Å². The van der Waals surface area contributed by atoms with Crippen LogP contribution in [0.15, 0.2) is 23.0 Å². The molecular formula is C12H10N2O3S. The molecule has 0 spiro atoms. The van der Waals surface area contributed by atoms with Gasteiger partial charge in [0.1, 0.15) is 11.5 Å². The molecule has 2 aromatic rings. The molecule has 18 heavy (non-hydrogen) atoms. The van der Waals surface area contributed by atoms with Gasteiger partial charge in [-0.2, -0.15) is 0 Å². The number of rotatable bonds is 1. The number of benzene rings is 1. The standard InChI is InChI=1S/C12H10N2O3S/c1-16-7-2-3-9-6(4-7)5-8-10(15)13-12(18)14-11(8)17-9/h2-4H,5H2,1H3,(H2,13,14,15,18). The zero-order valence-electron chi connectivity index (χ0n) is 9.57. The molecule has 1 aliphatic heterocycles. The van der Waals surface area contributed by atoms with E-state index in [2.05, 4.69) is 9.97 Å². The summed E-state index contributed by atoms with van der Waals surface area (Å²) < 4.78 is 11.1. The maximum Gasteiger partial charge on any atom is 0.259 e. The molecule has 1 aromatic heterocycles. The van der Waals surface area contributed by atoms with E-state index in [0.717, 1.165) is 11.3 Å². The van der Waals surface area contributed by atoms with Crippen molar-refractivity contribution in [2.75, 3.05) is 7.11 Å². The van der Waals surface area contributed by atoms with Crippen LogP contribution in [0.4, 0.5) is 0 Å². The predicted octanol–water partition coefficient (Wildman–Crippen LogP) is 2.14. The zero-order chi connectivity index (χ0) is 12.7. The summed E-state index contributed by atoms with van der Waals surface area (Å²) in [7, 11) is 1.60. The van der Waals surface area contributed by atoms with Crippen molar-refractivity contribution in [2.24, 2.45) is 0 Å². The average molecular weight is 262 g/mol. The van der Waals surface area contributed by atoms with Crippen molar-refractivity contribution in [3.05, 3.63) is 44.5 Å². The molecule has 0 fully saturated rings. The second-order valence-electron chi connectivity index (χ2n) is 3.97. The fraction of sp³-hybridized carbons (Fsp3) is 0.167. The molecule has 1 aliphatic rings. The van der Waals surface area contributed by atoms with Gasteiger partial charge in [0, 0.05) is 12.0 Å². The Bertz CT molecular complexity index is 733. The van der Waals surface area contributed by atoms with Gasteiger partial charge in [0.15, 0.2) is 4.77 Å². The number of hydrogen-bond donors (Lipinski definition) is 2. The summed E-state index contributed by atoms with van der Waals surface area (Å²) in [6, 6.07) is 5.49. The second-order valence-corrected chi connectivity index (χ2v) is 4.38. The molecule has 0 saturated carbocycles. The van der Waals surface area contributed by atoms with Crippen LogP contribution >= 0.6 is 12.2 Å². The molecule has 0 amide bonds. The summed E-state index contributed by atoms with van der Waals surface area (Å²) in [5.74, 6) is 1.86. The van der Waals surface area contributed by atoms with E-state index in [4.69, 9.17) is 21.7 Å². The van der Waals surface area contributed by atoms with Crippen molar-refractivity contribution in [3.63, 3.8) is 0 Å². The van der Waals surface area contributed by atoms with Crippen LogP contribution in [0.1, 0.15) is 11.1 Å². The van der Waals surface area contributed by atoms with Crippen LogP contribution in [0.5, 0.6) is 17.4 Å². The minimum absolute atomic E-state index is 0.220. The van der Waals surface area contributed by atoms with E-state index in [0.29, 0.717) is 23.6 Å². The molecule has 0 atom stereocenters. The lowest BCUT2D eigenvalue weighted by molar-refractivity contribution is 0.407. The topological polar surface area (TPSA) is 67.1 Å². The third-order valence-corrected chi connectivity index (χ3v) is 3.05. The third-order valence-electron chi connectivity index (χ3n) is 2.85. The number of fused-ring (bicyclic) bond motifs is 2. The van der Waals surface area contributed by atoms with Crippen molar-refractivity contribution < 1.29 is 9.47 Å². The first-order valence-electron chi connectivity index (χ1n) is 5.37. The Morgan fingerprint density at radius 3 is 3.00 bits per heavy atom. The van der Waals surface area contributed by atoms with Crippen molar-refractivity contribution in [1.82, 2.24) is 9.97 Å². The van der Waals surface area contributed by atoms with Crippen LogP contribution in [-0.2, 0) is 6.42 Å². The van der Waals surface area contributed by atoms with E-state index in [-0.39, 0.29) is 10.3 Å². The van der Waals surface area contributed by atoms with Gasteiger partial charge < -0.3 is 14.5 Å². The van der Waals surface area contributed by atoms with Crippen molar-refractivity contribution in [1.29, 1.82) is 0 Å². The Kier molecular flexibility index (Phi) is 2.45. The fourth-order valence-corrected chi connectivity index (χ4v) is 2.15. The number of ether oxygens (including phenoxy) is 2. The average Bonchev–Trinajstić information content (AvgIpc) is 2.36. The zero-order valence-corrected chi connectivity index (χ0v) is 10.4. The minimum Gasteiger partial charge on any atom is -0.497 e. The van der Waals surface area contributed by atoms with E-state index in [1.165, 1.54) is 0 Å². The highest BCUT2D eigenvalue weighted by Crippen LogP contribution is 2.35. The molecule has 0 saturated heterocycles. The second kappa shape index (κ2) is 3.99. The molecular weight excluding hydrogens is 252 g/mol. The van der Waals surface area contributed by atoms with Gasteiger partial charge in [-0.05, 0) is 30.4 Å². The normalized spacial score (nSPS) is 12.3. The lowest BCUT2D eigenvalue weighted by atomic mass is 10.0. The van der Waals surface area contributed by atoms with Crippen LogP contribution in [-0.4, -0.2) is 17.1 Å². The molecule has 0 aliphatic carbocycles. The number of hydrogen-bond acceptors (Lipinski definition) is 4. The molecule has 6 heteroatoms. The van der Waals surface area contributed by atoms with Gasteiger partial charge in [0.25, 0.3) is 5.56 Å². The van der Waals surface area contributed by atoms with E-state index in [9.17, 15) is 4.79 Å². The highest BCUT2D eigenvalue weighted by Gasteiger charge is 2.20. The van der Waals surface area contributed by atoms with Crippen LogP contribution in [0.25, 0.3) is 0 Å². The van der Waals surface area contributed by atoms with E-state index in [1.54, 1.807) is 7.11 Å². The molecule has 0 bridgehead atoms. The summed E-state index contributed by atoms with van der Waals surface area (Å²) in [4.78, 5) is 17.2. The van der Waals surface area contributed by atoms with Crippen LogP contribution in [0.2, 0.25) is 0 Å². The summed E-state index contributed by atoms with van der Waals surface area (Å²) in [6.07, 6.45) is 0.489. The smallest absolute Gasteiger partial charge is 0.259 e. The van der Waals surface area contributed by atoms with Gasteiger partial charge in [-0.25, -0.2) is 0 Å². The number of aromatic amines is 2. The molecule has 3 rings (SSSR count). The summed E-state index contributed by atoms with van der Waals surface area (Å²) in [6.45, 7) is 0. The lowest BCUT2D eigenvalue weighted by Gasteiger charge is -2.19. The van der Waals surface area contributed by atoms with E-state index in [1.807, 2.05) is 18.2 Å². The van der Waals surface area contributed by atoms with Crippen LogP contribution in [0, 0.1) is 4.77 Å². The first-order valence-corrected chi connectivity index (χ1v) is 5.78. The lowest BCUT2D eigenvalue weighted by Crippen LogP contribution is -2.19.